The number of rotatable bonds is 2. The lowest BCUT2D eigenvalue weighted by atomic mass is 10.4. The number of carbonyl (C=O) groups is 1. The molecule has 0 unspecified atom stereocenters. The summed E-state index contributed by atoms with van der Waals surface area (Å²) in [4.78, 5) is 11.3. The van der Waals surface area contributed by atoms with Gasteiger partial charge in [0, 0.05) is 7.05 Å². The highest BCUT2D eigenvalue weighted by atomic mass is 16.5. The molecule has 0 saturated heterocycles. The summed E-state index contributed by atoms with van der Waals surface area (Å²) in [5, 5.41) is 7.17. The Hall–Kier alpha value is -1.59. The fraction of sp³-hybridized carbons (Fsp3) is 0.571. The first-order valence-corrected chi connectivity index (χ1v) is 3.88. The van der Waals surface area contributed by atoms with Crippen molar-refractivity contribution < 1.29 is 9.53 Å². The van der Waals surface area contributed by atoms with Crippen LogP contribution >= 0.6 is 0 Å². The molecule has 0 saturated carbocycles. The van der Waals surface area contributed by atoms with Gasteiger partial charge >= 0.3 is 5.97 Å². The summed E-state index contributed by atoms with van der Waals surface area (Å²) in [6.07, 6.45) is -0.186. The number of esters is 1. The zero-order valence-corrected chi connectivity index (χ0v) is 7.81. The van der Waals surface area contributed by atoms with E-state index in [0.717, 1.165) is 0 Å². The van der Waals surface area contributed by atoms with Gasteiger partial charge in [0.05, 0.1) is 6.10 Å². The van der Waals surface area contributed by atoms with Crippen molar-refractivity contribution in [1.82, 2.24) is 15.0 Å². The Morgan fingerprint density at radius 2 is 2.23 bits per heavy atom. The van der Waals surface area contributed by atoms with Crippen LogP contribution in [0.1, 0.15) is 24.3 Å². The number of anilines is 1. The van der Waals surface area contributed by atoms with Gasteiger partial charge in [-0.2, -0.15) is 0 Å². The third-order valence-corrected chi connectivity index (χ3v) is 1.41. The standard InChI is InChI=1S/C7H12N4O2/c1-4(2)13-7(12)5-6(8)11(3)10-9-5/h4H,8H2,1-3H3. The summed E-state index contributed by atoms with van der Waals surface area (Å²) < 4.78 is 6.21. The van der Waals surface area contributed by atoms with Crippen LogP contribution in [0.15, 0.2) is 0 Å². The van der Waals surface area contributed by atoms with Crippen molar-refractivity contribution in [3.05, 3.63) is 5.69 Å². The van der Waals surface area contributed by atoms with Gasteiger partial charge in [0.25, 0.3) is 0 Å². The molecule has 6 nitrogen and oxygen atoms in total. The quantitative estimate of drug-likeness (QED) is 0.652. The van der Waals surface area contributed by atoms with Crippen LogP contribution in [-0.4, -0.2) is 27.1 Å². The second-order valence-corrected chi connectivity index (χ2v) is 2.90. The lowest BCUT2D eigenvalue weighted by Gasteiger charge is -2.05. The SMILES string of the molecule is CC(C)OC(=O)c1nnn(C)c1N. The Kier molecular flexibility index (Phi) is 2.50. The number of carbonyl (C=O) groups excluding carboxylic acids is 1. The topological polar surface area (TPSA) is 83.0 Å². The molecular weight excluding hydrogens is 172 g/mol. The maximum absolute atomic E-state index is 11.3. The monoisotopic (exact) mass is 184 g/mol. The summed E-state index contributed by atoms with van der Waals surface area (Å²) >= 11 is 0. The van der Waals surface area contributed by atoms with Crippen molar-refractivity contribution >= 4 is 11.8 Å². The molecule has 0 spiro atoms. The van der Waals surface area contributed by atoms with E-state index in [1.54, 1.807) is 20.9 Å². The van der Waals surface area contributed by atoms with Crippen LogP contribution < -0.4 is 5.73 Å². The molecule has 72 valence electrons. The molecule has 0 atom stereocenters. The predicted octanol–water partition coefficient (Wildman–Crippen LogP) is -0.0375. The van der Waals surface area contributed by atoms with Gasteiger partial charge in [-0.25, -0.2) is 9.48 Å². The van der Waals surface area contributed by atoms with Crippen molar-refractivity contribution in [3.8, 4) is 0 Å². The number of hydrogen-bond acceptors (Lipinski definition) is 5. The normalized spacial score (nSPS) is 10.5. The molecular formula is C7H12N4O2. The van der Waals surface area contributed by atoms with Gasteiger partial charge in [-0.1, -0.05) is 5.21 Å². The highest BCUT2D eigenvalue weighted by Gasteiger charge is 2.18. The highest BCUT2D eigenvalue weighted by Crippen LogP contribution is 2.08. The summed E-state index contributed by atoms with van der Waals surface area (Å²) in [5.41, 5.74) is 5.58. The highest BCUT2D eigenvalue weighted by molar-refractivity contribution is 5.91. The Bertz CT molecular complexity index is 318. The molecule has 13 heavy (non-hydrogen) atoms. The third kappa shape index (κ3) is 1.95. The van der Waals surface area contributed by atoms with Crippen LogP contribution in [-0.2, 0) is 11.8 Å². The van der Waals surface area contributed by atoms with Crippen molar-refractivity contribution in [2.45, 2.75) is 20.0 Å². The number of nitrogen functional groups attached to an aromatic ring is 1. The molecule has 0 aromatic carbocycles. The van der Waals surface area contributed by atoms with Crippen LogP contribution in [0, 0.1) is 0 Å². The van der Waals surface area contributed by atoms with Gasteiger partial charge in [0.1, 0.15) is 0 Å². The molecule has 1 aromatic heterocycles. The van der Waals surface area contributed by atoms with Crippen molar-refractivity contribution in [2.24, 2.45) is 7.05 Å². The van der Waals surface area contributed by atoms with E-state index in [4.69, 9.17) is 10.5 Å². The van der Waals surface area contributed by atoms with Gasteiger partial charge in [-0.05, 0) is 13.8 Å². The first-order chi connectivity index (χ1) is 6.02. The minimum atomic E-state index is -0.541. The van der Waals surface area contributed by atoms with Gasteiger partial charge in [0.15, 0.2) is 5.82 Å². The Balaban J connectivity index is 2.83. The predicted molar refractivity (Wildman–Crippen MR) is 46.0 cm³/mol. The van der Waals surface area contributed by atoms with Crippen molar-refractivity contribution in [1.29, 1.82) is 0 Å². The fourth-order valence-corrected chi connectivity index (χ4v) is 0.780. The average Bonchev–Trinajstić information content (AvgIpc) is 2.31. The average molecular weight is 184 g/mol. The summed E-state index contributed by atoms with van der Waals surface area (Å²) in [6, 6.07) is 0. The smallest absolute Gasteiger partial charge is 0.363 e. The second kappa shape index (κ2) is 3.42. The summed E-state index contributed by atoms with van der Waals surface area (Å²) in [6.45, 7) is 3.51. The van der Waals surface area contributed by atoms with E-state index in [1.165, 1.54) is 4.68 Å². The van der Waals surface area contributed by atoms with Gasteiger partial charge in [0.2, 0.25) is 5.69 Å². The Labute approximate surface area is 75.7 Å². The zero-order valence-electron chi connectivity index (χ0n) is 7.81. The van der Waals surface area contributed by atoms with Gasteiger partial charge in [-0.15, -0.1) is 5.10 Å². The summed E-state index contributed by atoms with van der Waals surface area (Å²) in [7, 11) is 1.61. The number of ether oxygens (including phenoxy) is 1. The van der Waals surface area contributed by atoms with Gasteiger partial charge < -0.3 is 10.5 Å². The fourth-order valence-electron chi connectivity index (χ4n) is 0.780. The van der Waals surface area contributed by atoms with E-state index in [2.05, 4.69) is 10.3 Å². The molecule has 0 bridgehead atoms. The van der Waals surface area contributed by atoms with E-state index in [-0.39, 0.29) is 17.6 Å². The molecule has 0 radical (unpaired) electrons. The first-order valence-electron chi connectivity index (χ1n) is 3.88. The van der Waals surface area contributed by atoms with E-state index < -0.39 is 5.97 Å². The van der Waals surface area contributed by atoms with Gasteiger partial charge in [-0.3, -0.25) is 0 Å². The van der Waals surface area contributed by atoms with Crippen LogP contribution in [0.4, 0.5) is 5.82 Å². The number of aryl methyl sites for hydroxylation is 1. The molecule has 0 fully saturated rings. The van der Waals surface area contributed by atoms with Crippen LogP contribution in [0.5, 0.6) is 0 Å². The molecule has 0 aliphatic rings. The maximum Gasteiger partial charge on any atom is 0.363 e. The lowest BCUT2D eigenvalue weighted by molar-refractivity contribution is 0.0372. The third-order valence-electron chi connectivity index (χ3n) is 1.41. The van der Waals surface area contributed by atoms with Crippen molar-refractivity contribution in [3.63, 3.8) is 0 Å². The van der Waals surface area contributed by atoms with Crippen LogP contribution in [0.3, 0.4) is 0 Å². The van der Waals surface area contributed by atoms with Crippen molar-refractivity contribution in [2.75, 3.05) is 5.73 Å². The van der Waals surface area contributed by atoms with E-state index in [9.17, 15) is 4.79 Å². The number of hydrogen-bond donors (Lipinski definition) is 1. The molecule has 1 aromatic rings. The number of nitrogens with zero attached hydrogens (tertiary/aromatic N) is 3. The minimum absolute atomic E-state index is 0.0659. The summed E-state index contributed by atoms with van der Waals surface area (Å²) in [5.74, 6) is -0.328. The Morgan fingerprint density at radius 3 is 2.62 bits per heavy atom. The molecule has 1 rings (SSSR count). The van der Waals surface area contributed by atoms with E-state index >= 15 is 0 Å². The van der Waals surface area contributed by atoms with Crippen LogP contribution in [0.25, 0.3) is 0 Å². The van der Waals surface area contributed by atoms with Crippen LogP contribution in [0.2, 0.25) is 0 Å². The molecule has 6 heteroatoms. The largest absolute Gasteiger partial charge is 0.458 e. The number of aromatic nitrogens is 3. The number of nitrogens with two attached hydrogens (primary N) is 1. The van der Waals surface area contributed by atoms with E-state index in [1.807, 2.05) is 0 Å². The van der Waals surface area contributed by atoms with E-state index in [0.29, 0.717) is 0 Å². The maximum atomic E-state index is 11.3. The zero-order chi connectivity index (χ0) is 10.0. The molecule has 1 heterocycles. The lowest BCUT2D eigenvalue weighted by Crippen LogP contribution is -2.14. The minimum Gasteiger partial charge on any atom is -0.458 e. The Morgan fingerprint density at radius 1 is 1.62 bits per heavy atom. The second-order valence-electron chi connectivity index (χ2n) is 2.90. The molecule has 0 aliphatic heterocycles. The first kappa shape index (κ1) is 9.50. The molecule has 2 N–H and O–H groups in total. The molecule has 0 amide bonds. The molecule has 0 aliphatic carbocycles.